The molecule has 2 aromatic carbocycles. The van der Waals surface area contributed by atoms with E-state index < -0.39 is 6.04 Å². The van der Waals surface area contributed by atoms with Crippen LogP contribution >= 0.6 is 0 Å². The Bertz CT molecular complexity index is 1270. The number of benzene rings is 2. The quantitative estimate of drug-likeness (QED) is 0.170. The molecule has 1 atom stereocenters. The van der Waals surface area contributed by atoms with Crippen LogP contribution in [0.15, 0.2) is 65.9 Å². The van der Waals surface area contributed by atoms with Crippen molar-refractivity contribution in [3.63, 3.8) is 0 Å². The molecule has 0 saturated carbocycles. The van der Waals surface area contributed by atoms with Crippen LogP contribution in [-0.4, -0.2) is 79.2 Å². The van der Waals surface area contributed by atoms with Crippen molar-refractivity contribution in [1.29, 1.82) is 0 Å². The highest BCUT2D eigenvalue weighted by atomic mass is 16.5. The molecule has 0 spiro atoms. The van der Waals surface area contributed by atoms with E-state index in [-0.39, 0.29) is 18.6 Å². The number of carbonyl (C=O) groups excluding carboxylic acids is 2. The second-order valence-corrected chi connectivity index (χ2v) is 13.1. The third-order valence-corrected chi connectivity index (χ3v) is 9.86. The van der Waals surface area contributed by atoms with E-state index in [4.69, 9.17) is 9.47 Å². The number of unbranched alkanes of at least 4 members (excludes halogenated alkanes) is 2. The predicted molar refractivity (Wildman–Crippen MR) is 182 cm³/mol. The van der Waals surface area contributed by atoms with E-state index in [0.29, 0.717) is 30.3 Å². The summed E-state index contributed by atoms with van der Waals surface area (Å²) < 4.78 is 11.5. The van der Waals surface area contributed by atoms with Gasteiger partial charge in [0.25, 0.3) is 0 Å². The summed E-state index contributed by atoms with van der Waals surface area (Å²) >= 11 is 0. The van der Waals surface area contributed by atoms with Crippen LogP contribution in [0.1, 0.15) is 88.8 Å². The molecule has 0 radical (unpaired) electrons. The van der Waals surface area contributed by atoms with Crippen LogP contribution in [0.4, 0.5) is 4.79 Å². The molecular formula is C38H54N4O4. The molecule has 8 heteroatoms. The number of urea groups is 1. The largest absolute Gasteiger partial charge is 0.494 e. The zero-order valence-electron chi connectivity index (χ0n) is 28.1. The van der Waals surface area contributed by atoms with Gasteiger partial charge in [-0.3, -0.25) is 9.80 Å². The van der Waals surface area contributed by atoms with Gasteiger partial charge in [-0.1, -0.05) is 48.9 Å². The minimum atomic E-state index is -0.562. The average Bonchev–Trinajstić information content (AvgIpc) is 3.08. The van der Waals surface area contributed by atoms with Gasteiger partial charge in [0.2, 0.25) is 0 Å². The first-order valence-electron chi connectivity index (χ1n) is 17.7. The van der Waals surface area contributed by atoms with Gasteiger partial charge in [0.05, 0.1) is 24.8 Å². The van der Waals surface area contributed by atoms with Crippen LogP contribution in [0.25, 0.3) is 0 Å². The SMILES string of the molecule is CCOC(=O)C1=C(C)N(CCC2CCN(Cc3ccccc3)CC2)C(=O)NC1c1ccc(OCCCCCN2CCCCC2)cc1. The summed E-state index contributed by atoms with van der Waals surface area (Å²) in [6.45, 7) is 12.1. The molecule has 1 N–H and O–H groups in total. The van der Waals surface area contributed by atoms with Gasteiger partial charge in [0.15, 0.2) is 0 Å². The van der Waals surface area contributed by atoms with Crippen molar-refractivity contribution in [2.24, 2.45) is 5.92 Å². The number of hydrogen-bond donors (Lipinski definition) is 1. The molecule has 2 amide bonds. The number of hydrogen-bond acceptors (Lipinski definition) is 6. The van der Waals surface area contributed by atoms with E-state index >= 15 is 0 Å². The number of nitrogens with one attached hydrogen (secondary N) is 1. The molecule has 1 unspecified atom stereocenters. The van der Waals surface area contributed by atoms with Crippen molar-refractivity contribution in [3.05, 3.63) is 77.0 Å². The van der Waals surface area contributed by atoms with Crippen molar-refractivity contribution >= 4 is 12.0 Å². The second kappa shape index (κ2) is 17.5. The highest BCUT2D eigenvalue weighted by Gasteiger charge is 2.36. The van der Waals surface area contributed by atoms with E-state index in [1.54, 1.807) is 4.90 Å². The predicted octanol–water partition coefficient (Wildman–Crippen LogP) is 6.93. The summed E-state index contributed by atoms with van der Waals surface area (Å²) in [6.07, 6.45) is 10.6. The summed E-state index contributed by atoms with van der Waals surface area (Å²) in [5, 5.41) is 3.11. The number of ether oxygens (including phenoxy) is 2. The Hall–Kier alpha value is -3.36. The van der Waals surface area contributed by atoms with Crippen molar-refractivity contribution in [2.45, 2.75) is 84.2 Å². The third kappa shape index (κ3) is 9.58. The third-order valence-electron chi connectivity index (χ3n) is 9.86. The Kier molecular flexibility index (Phi) is 13.0. The Morgan fingerprint density at radius 3 is 2.33 bits per heavy atom. The Balaban J connectivity index is 1.12. The number of allylic oxidation sites excluding steroid dienone is 1. The maximum absolute atomic E-state index is 13.4. The van der Waals surface area contributed by atoms with Gasteiger partial charge in [0.1, 0.15) is 5.75 Å². The van der Waals surface area contributed by atoms with Gasteiger partial charge in [-0.2, -0.15) is 0 Å². The minimum Gasteiger partial charge on any atom is -0.494 e. The van der Waals surface area contributed by atoms with Crippen molar-refractivity contribution in [1.82, 2.24) is 20.0 Å². The molecule has 0 aromatic heterocycles. The number of amides is 2. The van der Waals surface area contributed by atoms with Crippen LogP contribution in [0.5, 0.6) is 5.75 Å². The van der Waals surface area contributed by atoms with Crippen molar-refractivity contribution in [3.8, 4) is 5.75 Å². The lowest BCUT2D eigenvalue weighted by atomic mass is 9.92. The molecule has 3 aliphatic rings. The Morgan fingerprint density at radius 1 is 0.870 bits per heavy atom. The standard InChI is InChI=1S/C38H54N4O4/c1-3-45-37(43)35-30(2)42(27-21-31-19-25-41(26-20-31)29-32-13-7-4-8-14-32)38(44)39-36(35)33-15-17-34(18-16-33)46-28-12-6-11-24-40-22-9-5-10-23-40/h4,7-8,13-18,31,36H,3,5-6,9-12,19-29H2,1-2H3,(H,39,44). The van der Waals surface area contributed by atoms with Crippen LogP contribution in [0.3, 0.4) is 0 Å². The van der Waals surface area contributed by atoms with E-state index in [0.717, 1.165) is 56.6 Å². The van der Waals surface area contributed by atoms with Gasteiger partial charge in [-0.25, -0.2) is 9.59 Å². The zero-order valence-corrected chi connectivity index (χ0v) is 28.1. The molecule has 2 fully saturated rings. The van der Waals surface area contributed by atoms with Gasteiger partial charge >= 0.3 is 12.0 Å². The molecule has 2 aromatic rings. The fraction of sp³-hybridized carbons (Fsp3) is 0.579. The molecule has 2 saturated heterocycles. The molecule has 8 nitrogen and oxygen atoms in total. The van der Waals surface area contributed by atoms with E-state index in [2.05, 4.69) is 45.4 Å². The highest BCUT2D eigenvalue weighted by Crippen LogP contribution is 2.33. The maximum atomic E-state index is 13.4. The first kappa shape index (κ1) is 34.0. The van der Waals surface area contributed by atoms with Gasteiger partial charge < -0.3 is 19.7 Å². The highest BCUT2D eigenvalue weighted by molar-refractivity contribution is 5.95. The average molecular weight is 631 g/mol. The van der Waals surface area contributed by atoms with Crippen molar-refractivity contribution in [2.75, 3.05) is 52.5 Å². The summed E-state index contributed by atoms with van der Waals surface area (Å²) in [7, 11) is 0. The Labute approximate surface area is 276 Å². The van der Waals surface area contributed by atoms with Crippen LogP contribution in [0, 0.1) is 5.92 Å². The lowest BCUT2D eigenvalue weighted by Crippen LogP contribution is -2.48. The van der Waals surface area contributed by atoms with Crippen LogP contribution in [-0.2, 0) is 16.1 Å². The lowest BCUT2D eigenvalue weighted by molar-refractivity contribution is -0.139. The summed E-state index contributed by atoms with van der Waals surface area (Å²) in [5.74, 6) is 0.976. The normalized spacial score (nSPS) is 20.1. The number of piperidine rings is 2. The first-order chi connectivity index (χ1) is 22.5. The molecule has 46 heavy (non-hydrogen) atoms. The smallest absolute Gasteiger partial charge is 0.338 e. The fourth-order valence-corrected chi connectivity index (χ4v) is 7.10. The number of likely N-dealkylation sites (tertiary alicyclic amines) is 2. The maximum Gasteiger partial charge on any atom is 0.338 e. The first-order valence-corrected chi connectivity index (χ1v) is 17.7. The minimum absolute atomic E-state index is 0.165. The Morgan fingerprint density at radius 2 is 1.61 bits per heavy atom. The van der Waals surface area contributed by atoms with Crippen LogP contribution in [0.2, 0.25) is 0 Å². The lowest BCUT2D eigenvalue weighted by Gasteiger charge is -2.37. The number of carbonyl (C=O) groups is 2. The van der Waals surface area contributed by atoms with E-state index in [1.165, 1.54) is 57.3 Å². The number of esters is 1. The molecule has 0 bridgehead atoms. The molecule has 0 aliphatic carbocycles. The summed E-state index contributed by atoms with van der Waals surface area (Å²) in [4.78, 5) is 33.5. The molecule has 3 heterocycles. The summed E-state index contributed by atoms with van der Waals surface area (Å²) in [5.41, 5.74) is 3.37. The van der Waals surface area contributed by atoms with Gasteiger partial charge in [-0.15, -0.1) is 0 Å². The van der Waals surface area contributed by atoms with E-state index in [9.17, 15) is 9.59 Å². The molecule has 250 valence electrons. The number of nitrogens with zero attached hydrogens (tertiary/aromatic N) is 3. The molecule has 5 rings (SSSR count). The molecular weight excluding hydrogens is 576 g/mol. The topological polar surface area (TPSA) is 74.3 Å². The van der Waals surface area contributed by atoms with Gasteiger partial charge in [-0.05, 0) is 127 Å². The second-order valence-electron chi connectivity index (χ2n) is 13.1. The zero-order chi connectivity index (χ0) is 32.1. The van der Waals surface area contributed by atoms with Crippen LogP contribution < -0.4 is 10.1 Å². The monoisotopic (exact) mass is 630 g/mol. The summed E-state index contributed by atoms with van der Waals surface area (Å²) in [6, 6.07) is 17.7. The fourth-order valence-electron chi connectivity index (χ4n) is 7.10. The van der Waals surface area contributed by atoms with Crippen molar-refractivity contribution < 1.29 is 19.1 Å². The number of rotatable bonds is 15. The molecule has 3 aliphatic heterocycles. The van der Waals surface area contributed by atoms with Gasteiger partial charge in [0, 0.05) is 18.8 Å². The van der Waals surface area contributed by atoms with E-state index in [1.807, 2.05) is 38.1 Å².